The number of aryl methyl sites for hydroxylation is 1. The van der Waals surface area contributed by atoms with Gasteiger partial charge in [0.05, 0.1) is 21.8 Å². The Kier molecular flexibility index (Phi) is 8.74. The maximum Gasteiger partial charge on any atom is 0.224 e. The summed E-state index contributed by atoms with van der Waals surface area (Å²) in [5.74, 6) is 0.484. The van der Waals surface area contributed by atoms with E-state index >= 15 is 0 Å². The van der Waals surface area contributed by atoms with Crippen LogP contribution in [-0.4, -0.2) is 41.4 Å². The first kappa shape index (κ1) is 26.9. The van der Waals surface area contributed by atoms with Gasteiger partial charge in [0.1, 0.15) is 18.4 Å². The number of hydrogen-bond donors (Lipinski definition) is 2. The van der Waals surface area contributed by atoms with Crippen LogP contribution in [-0.2, 0) is 11.4 Å². The lowest BCUT2D eigenvalue weighted by molar-refractivity contribution is -0.116. The molecule has 0 saturated carbocycles. The van der Waals surface area contributed by atoms with Gasteiger partial charge in [0.25, 0.3) is 0 Å². The number of hydrogen-bond acceptors (Lipinski definition) is 7. The van der Waals surface area contributed by atoms with E-state index in [1.54, 1.807) is 24.5 Å². The first-order valence-electron chi connectivity index (χ1n) is 12.2. The summed E-state index contributed by atoms with van der Waals surface area (Å²) >= 11 is 6.51. The summed E-state index contributed by atoms with van der Waals surface area (Å²) in [6.45, 7) is 3.10. The molecule has 0 bridgehead atoms. The van der Waals surface area contributed by atoms with Gasteiger partial charge in [-0.25, -0.2) is 0 Å². The summed E-state index contributed by atoms with van der Waals surface area (Å²) in [5.41, 5.74) is 4.85. The monoisotopic (exact) mass is 528 g/mol. The second kappa shape index (κ2) is 12.4. The molecule has 9 heteroatoms. The average molecular weight is 529 g/mol. The molecule has 0 spiro atoms. The molecule has 0 atom stereocenters. The first-order chi connectivity index (χ1) is 18.3. The number of fused-ring (bicyclic) bond motifs is 1. The van der Waals surface area contributed by atoms with Crippen LogP contribution in [0.25, 0.3) is 10.9 Å². The van der Waals surface area contributed by atoms with Crippen molar-refractivity contribution in [1.82, 2.24) is 14.9 Å². The topological polar surface area (TPSA) is 103 Å². The molecule has 2 aromatic heterocycles. The summed E-state index contributed by atoms with van der Waals surface area (Å²) < 4.78 is 5.85. The molecule has 0 aliphatic heterocycles. The quantitative estimate of drug-likeness (QED) is 0.257. The molecular formula is C29H29ClN6O2. The van der Waals surface area contributed by atoms with Gasteiger partial charge >= 0.3 is 0 Å². The smallest absolute Gasteiger partial charge is 0.224 e. The zero-order valence-electron chi connectivity index (χ0n) is 21.6. The van der Waals surface area contributed by atoms with E-state index in [9.17, 15) is 10.1 Å². The highest BCUT2D eigenvalue weighted by Gasteiger charge is 2.14. The van der Waals surface area contributed by atoms with Crippen LogP contribution in [0, 0.1) is 18.3 Å². The van der Waals surface area contributed by atoms with Gasteiger partial charge in [-0.1, -0.05) is 17.7 Å². The lowest BCUT2D eigenvalue weighted by Crippen LogP contribution is -2.17. The number of benzene rings is 2. The number of rotatable bonds is 10. The van der Waals surface area contributed by atoms with E-state index < -0.39 is 0 Å². The summed E-state index contributed by atoms with van der Waals surface area (Å²) in [5, 5.41) is 17.3. The molecule has 0 radical (unpaired) electrons. The molecule has 2 N–H and O–H groups in total. The van der Waals surface area contributed by atoms with Gasteiger partial charge in [-0.15, -0.1) is 0 Å². The first-order valence-corrected chi connectivity index (χ1v) is 12.6. The van der Waals surface area contributed by atoms with E-state index in [0.29, 0.717) is 57.3 Å². The standard InChI is InChI=1S/C29H29ClN6O2/c1-19-12-26-23(14-25(19)35-28(37)7-5-11-36(2)3)29(21(15-31)17-33-26)34-22-8-9-27(24(30)13-22)38-18-20-6-4-10-32-16-20/h4,6,8-10,12-14,16-17H,5,7,11,18H2,1-3H3,(H,33,34)(H,35,37). The van der Waals surface area contributed by atoms with Crippen molar-refractivity contribution in [3.8, 4) is 11.8 Å². The number of nitrogens with one attached hydrogen (secondary N) is 2. The molecule has 4 aromatic rings. The van der Waals surface area contributed by atoms with Crippen LogP contribution in [0.15, 0.2) is 61.1 Å². The number of ether oxygens (including phenoxy) is 1. The van der Waals surface area contributed by atoms with Crippen LogP contribution in [0.1, 0.15) is 29.5 Å². The SMILES string of the molecule is Cc1cc2ncc(C#N)c(Nc3ccc(OCc4cccnc4)c(Cl)c3)c2cc1NC(=O)CCCN(C)C. The number of aromatic nitrogens is 2. The summed E-state index contributed by atoms with van der Waals surface area (Å²) in [7, 11) is 3.96. The fourth-order valence-electron chi connectivity index (χ4n) is 3.95. The summed E-state index contributed by atoms with van der Waals surface area (Å²) in [4.78, 5) is 23.1. The van der Waals surface area contributed by atoms with Crippen molar-refractivity contribution in [2.24, 2.45) is 0 Å². The second-order valence-electron chi connectivity index (χ2n) is 9.22. The predicted molar refractivity (Wildman–Crippen MR) is 151 cm³/mol. The Morgan fingerprint density at radius 1 is 1.18 bits per heavy atom. The zero-order chi connectivity index (χ0) is 27.1. The minimum Gasteiger partial charge on any atom is -0.487 e. The Balaban J connectivity index is 1.58. The number of pyridine rings is 2. The molecule has 0 unspecified atom stereocenters. The summed E-state index contributed by atoms with van der Waals surface area (Å²) in [6.07, 6.45) is 6.17. The van der Waals surface area contributed by atoms with Crippen molar-refractivity contribution in [1.29, 1.82) is 5.26 Å². The number of anilines is 3. The van der Waals surface area contributed by atoms with E-state index in [-0.39, 0.29) is 5.91 Å². The van der Waals surface area contributed by atoms with Gasteiger partial charge in [-0.2, -0.15) is 5.26 Å². The lowest BCUT2D eigenvalue weighted by atomic mass is 10.0. The highest BCUT2D eigenvalue weighted by Crippen LogP contribution is 2.35. The van der Waals surface area contributed by atoms with Crippen molar-refractivity contribution in [2.45, 2.75) is 26.4 Å². The maximum absolute atomic E-state index is 12.6. The molecule has 4 rings (SSSR count). The molecule has 0 aliphatic carbocycles. The maximum atomic E-state index is 12.6. The Hall–Kier alpha value is -4.19. The van der Waals surface area contributed by atoms with Crippen LogP contribution in [0.5, 0.6) is 5.75 Å². The molecule has 2 aromatic carbocycles. The number of halogens is 1. The normalized spacial score (nSPS) is 10.8. The molecule has 0 saturated heterocycles. The fraction of sp³-hybridized carbons (Fsp3) is 0.241. The highest BCUT2D eigenvalue weighted by atomic mass is 35.5. The number of amides is 1. The van der Waals surface area contributed by atoms with E-state index in [1.165, 1.54) is 6.20 Å². The zero-order valence-corrected chi connectivity index (χ0v) is 22.3. The average Bonchev–Trinajstić information content (AvgIpc) is 2.89. The van der Waals surface area contributed by atoms with Gasteiger partial charge in [-0.05, 0) is 75.9 Å². The Morgan fingerprint density at radius 3 is 2.74 bits per heavy atom. The van der Waals surface area contributed by atoms with Gasteiger partial charge < -0.3 is 20.3 Å². The molecule has 2 heterocycles. The number of nitriles is 1. The van der Waals surface area contributed by atoms with Gasteiger partial charge in [0.15, 0.2) is 0 Å². The van der Waals surface area contributed by atoms with E-state index in [0.717, 1.165) is 24.1 Å². The second-order valence-corrected chi connectivity index (χ2v) is 9.63. The van der Waals surface area contributed by atoms with Crippen molar-refractivity contribution in [3.63, 3.8) is 0 Å². The van der Waals surface area contributed by atoms with Crippen molar-refractivity contribution in [2.75, 3.05) is 31.3 Å². The van der Waals surface area contributed by atoms with Crippen LogP contribution in [0.2, 0.25) is 5.02 Å². The van der Waals surface area contributed by atoms with E-state index in [2.05, 4.69) is 26.7 Å². The van der Waals surface area contributed by atoms with Gasteiger partial charge in [0.2, 0.25) is 5.91 Å². The molecule has 0 fully saturated rings. The van der Waals surface area contributed by atoms with Crippen molar-refractivity contribution in [3.05, 3.63) is 82.8 Å². The van der Waals surface area contributed by atoms with Gasteiger partial charge in [0, 0.05) is 47.3 Å². The summed E-state index contributed by atoms with van der Waals surface area (Å²) in [6, 6.07) is 15.1. The van der Waals surface area contributed by atoms with Crippen molar-refractivity contribution < 1.29 is 9.53 Å². The molecule has 8 nitrogen and oxygen atoms in total. The molecule has 0 aliphatic rings. The molecule has 38 heavy (non-hydrogen) atoms. The number of carbonyl (C=O) groups is 1. The Bertz CT molecular complexity index is 1480. The lowest BCUT2D eigenvalue weighted by Gasteiger charge is -2.16. The van der Waals surface area contributed by atoms with Crippen LogP contribution in [0.4, 0.5) is 17.1 Å². The van der Waals surface area contributed by atoms with Crippen LogP contribution < -0.4 is 15.4 Å². The fourth-order valence-corrected chi connectivity index (χ4v) is 4.19. The van der Waals surface area contributed by atoms with Crippen molar-refractivity contribution >= 4 is 45.5 Å². The molecule has 194 valence electrons. The number of carbonyl (C=O) groups excluding carboxylic acids is 1. The minimum atomic E-state index is -0.0538. The van der Waals surface area contributed by atoms with E-state index in [1.807, 2.05) is 56.3 Å². The van der Waals surface area contributed by atoms with E-state index in [4.69, 9.17) is 16.3 Å². The third-order valence-electron chi connectivity index (χ3n) is 5.94. The van der Waals surface area contributed by atoms with Crippen LogP contribution >= 0.6 is 11.6 Å². The Labute approximate surface area is 227 Å². The highest BCUT2D eigenvalue weighted by molar-refractivity contribution is 6.32. The van der Waals surface area contributed by atoms with Crippen LogP contribution in [0.3, 0.4) is 0 Å². The predicted octanol–water partition coefficient (Wildman–Crippen LogP) is 6.07. The third-order valence-corrected chi connectivity index (χ3v) is 6.23. The third kappa shape index (κ3) is 6.76. The minimum absolute atomic E-state index is 0.0538. The van der Waals surface area contributed by atoms with Gasteiger partial charge in [-0.3, -0.25) is 14.8 Å². The Morgan fingerprint density at radius 2 is 2.03 bits per heavy atom. The number of nitrogens with zero attached hydrogens (tertiary/aromatic N) is 4. The largest absolute Gasteiger partial charge is 0.487 e. The molecular weight excluding hydrogens is 500 g/mol. The molecule has 1 amide bonds.